The van der Waals surface area contributed by atoms with E-state index in [1.54, 1.807) is 0 Å². The topological polar surface area (TPSA) is 54.7 Å². The fraction of sp³-hybridized carbons (Fsp3) is 0.727. The summed E-state index contributed by atoms with van der Waals surface area (Å²) in [5.41, 5.74) is 8.08. The van der Waals surface area contributed by atoms with Crippen LogP contribution in [0.25, 0.3) is 0 Å². The van der Waals surface area contributed by atoms with Gasteiger partial charge < -0.3 is 10.7 Å². The molecule has 0 radical (unpaired) electrons. The first-order valence-electron chi connectivity index (χ1n) is 5.48. The summed E-state index contributed by atoms with van der Waals surface area (Å²) in [6.45, 7) is 5.01. The summed E-state index contributed by atoms with van der Waals surface area (Å²) in [5, 5.41) is 0. The average molecular weight is 193 g/mol. The van der Waals surface area contributed by atoms with Gasteiger partial charge in [-0.05, 0) is 18.8 Å². The third-order valence-electron chi connectivity index (χ3n) is 2.63. The third kappa shape index (κ3) is 1.98. The first kappa shape index (κ1) is 9.71. The normalized spacial score (nSPS) is 16.6. The summed E-state index contributed by atoms with van der Waals surface area (Å²) in [6, 6.07) is 0. The van der Waals surface area contributed by atoms with Crippen LogP contribution in [-0.2, 0) is 13.0 Å². The molecule has 3 heteroatoms. The Balaban J connectivity index is 2.17. The van der Waals surface area contributed by atoms with Gasteiger partial charge in [0, 0.05) is 18.9 Å². The number of H-pyrrole nitrogens is 1. The molecule has 0 unspecified atom stereocenters. The van der Waals surface area contributed by atoms with E-state index >= 15 is 0 Å². The largest absolute Gasteiger partial charge is 0.345 e. The molecule has 0 saturated heterocycles. The van der Waals surface area contributed by atoms with Crippen molar-refractivity contribution in [2.75, 3.05) is 0 Å². The molecule has 0 spiro atoms. The summed E-state index contributed by atoms with van der Waals surface area (Å²) >= 11 is 0. The van der Waals surface area contributed by atoms with E-state index in [-0.39, 0.29) is 0 Å². The molecule has 1 aromatic rings. The number of hydrogen-bond donors (Lipinski definition) is 2. The van der Waals surface area contributed by atoms with Crippen molar-refractivity contribution in [1.82, 2.24) is 9.97 Å². The zero-order chi connectivity index (χ0) is 10.1. The molecule has 1 aliphatic carbocycles. The Kier molecular flexibility index (Phi) is 2.59. The van der Waals surface area contributed by atoms with E-state index in [0.29, 0.717) is 18.4 Å². The van der Waals surface area contributed by atoms with E-state index in [1.807, 2.05) is 0 Å². The Labute approximate surface area is 85.1 Å². The molecular weight excluding hydrogens is 174 g/mol. The summed E-state index contributed by atoms with van der Waals surface area (Å²) in [6.07, 6.45) is 3.61. The second kappa shape index (κ2) is 3.73. The smallest absolute Gasteiger partial charge is 0.106 e. The van der Waals surface area contributed by atoms with Gasteiger partial charge in [-0.25, -0.2) is 4.98 Å². The molecule has 78 valence electrons. The van der Waals surface area contributed by atoms with Gasteiger partial charge in [-0.3, -0.25) is 0 Å². The summed E-state index contributed by atoms with van der Waals surface area (Å²) in [5.74, 6) is 2.46. The van der Waals surface area contributed by atoms with Gasteiger partial charge in [0.05, 0.1) is 11.4 Å². The number of aromatic amines is 1. The minimum atomic E-state index is 0.594. The first-order valence-corrected chi connectivity index (χ1v) is 5.48. The Hall–Kier alpha value is -0.830. The number of aromatic nitrogens is 2. The highest BCUT2D eigenvalue weighted by Crippen LogP contribution is 2.40. The van der Waals surface area contributed by atoms with Crippen LogP contribution in [0.4, 0.5) is 0 Å². The van der Waals surface area contributed by atoms with Crippen LogP contribution >= 0.6 is 0 Å². The van der Waals surface area contributed by atoms with Crippen molar-refractivity contribution in [3.8, 4) is 0 Å². The molecule has 3 nitrogen and oxygen atoms in total. The molecule has 0 atom stereocenters. The van der Waals surface area contributed by atoms with E-state index < -0.39 is 0 Å². The van der Waals surface area contributed by atoms with Gasteiger partial charge in [0.1, 0.15) is 5.82 Å². The van der Waals surface area contributed by atoms with Crippen LogP contribution in [0.2, 0.25) is 0 Å². The van der Waals surface area contributed by atoms with Crippen molar-refractivity contribution in [3.63, 3.8) is 0 Å². The molecule has 0 aromatic carbocycles. The molecule has 0 bridgehead atoms. The fourth-order valence-corrected chi connectivity index (χ4v) is 1.81. The van der Waals surface area contributed by atoms with Crippen molar-refractivity contribution in [3.05, 3.63) is 17.2 Å². The monoisotopic (exact) mass is 193 g/mol. The lowest BCUT2D eigenvalue weighted by Crippen LogP contribution is -2.00. The number of nitrogens with zero attached hydrogens (tertiary/aromatic N) is 1. The minimum Gasteiger partial charge on any atom is -0.345 e. The van der Waals surface area contributed by atoms with Gasteiger partial charge in [-0.1, -0.05) is 13.8 Å². The minimum absolute atomic E-state index is 0.594. The summed E-state index contributed by atoms with van der Waals surface area (Å²) in [4.78, 5) is 8.00. The lowest BCUT2D eigenvalue weighted by Gasteiger charge is -1.98. The SMILES string of the molecule is CC(C)Cc1nc(C2CC2)c(CN)[nH]1. The highest BCUT2D eigenvalue weighted by atomic mass is 15.0. The molecule has 1 saturated carbocycles. The molecule has 1 fully saturated rings. The predicted molar refractivity (Wildman–Crippen MR) is 57.0 cm³/mol. The average Bonchev–Trinajstić information content (AvgIpc) is 2.88. The molecule has 0 aliphatic heterocycles. The number of hydrogen-bond acceptors (Lipinski definition) is 2. The van der Waals surface area contributed by atoms with Crippen molar-refractivity contribution in [2.24, 2.45) is 11.7 Å². The van der Waals surface area contributed by atoms with E-state index in [0.717, 1.165) is 17.9 Å². The first-order chi connectivity index (χ1) is 6.70. The van der Waals surface area contributed by atoms with Crippen LogP contribution in [0.3, 0.4) is 0 Å². The van der Waals surface area contributed by atoms with Crippen molar-refractivity contribution in [1.29, 1.82) is 0 Å². The van der Waals surface area contributed by atoms with Crippen LogP contribution in [0.1, 0.15) is 49.8 Å². The third-order valence-corrected chi connectivity index (χ3v) is 2.63. The molecule has 1 heterocycles. The number of nitrogens with two attached hydrogens (primary N) is 1. The van der Waals surface area contributed by atoms with E-state index in [4.69, 9.17) is 5.73 Å². The maximum Gasteiger partial charge on any atom is 0.106 e. The van der Waals surface area contributed by atoms with E-state index in [2.05, 4.69) is 23.8 Å². The number of rotatable bonds is 4. The van der Waals surface area contributed by atoms with Gasteiger partial charge >= 0.3 is 0 Å². The van der Waals surface area contributed by atoms with Crippen molar-refractivity contribution >= 4 is 0 Å². The second-order valence-electron chi connectivity index (χ2n) is 4.62. The van der Waals surface area contributed by atoms with Gasteiger partial charge in [0.25, 0.3) is 0 Å². The van der Waals surface area contributed by atoms with Gasteiger partial charge in [-0.15, -0.1) is 0 Å². The van der Waals surface area contributed by atoms with Crippen molar-refractivity contribution in [2.45, 2.75) is 45.6 Å². The Bertz CT molecular complexity index is 310. The van der Waals surface area contributed by atoms with Crippen molar-refractivity contribution < 1.29 is 0 Å². The fourth-order valence-electron chi connectivity index (χ4n) is 1.81. The number of imidazole rings is 1. The van der Waals surface area contributed by atoms with Gasteiger partial charge in [0.15, 0.2) is 0 Å². The quantitative estimate of drug-likeness (QED) is 0.767. The maximum atomic E-state index is 5.69. The van der Waals surface area contributed by atoms with Crippen LogP contribution in [0.5, 0.6) is 0 Å². The van der Waals surface area contributed by atoms with E-state index in [1.165, 1.54) is 18.5 Å². The molecule has 1 aliphatic rings. The maximum absolute atomic E-state index is 5.69. The molecule has 1 aromatic heterocycles. The zero-order valence-electron chi connectivity index (χ0n) is 9.01. The molecule has 2 rings (SSSR count). The Morgan fingerprint density at radius 1 is 1.50 bits per heavy atom. The second-order valence-corrected chi connectivity index (χ2v) is 4.62. The molecule has 14 heavy (non-hydrogen) atoms. The highest BCUT2D eigenvalue weighted by molar-refractivity contribution is 5.23. The Morgan fingerprint density at radius 2 is 2.21 bits per heavy atom. The molecular formula is C11H19N3. The van der Waals surface area contributed by atoms with Gasteiger partial charge in [0.2, 0.25) is 0 Å². The summed E-state index contributed by atoms with van der Waals surface area (Å²) in [7, 11) is 0. The molecule has 0 amide bonds. The highest BCUT2D eigenvalue weighted by Gasteiger charge is 2.28. The van der Waals surface area contributed by atoms with Crippen LogP contribution in [0, 0.1) is 5.92 Å². The number of nitrogens with one attached hydrogen (secondary N) is 1. The van der Waals surface area contributed by atoms with Crippen LogP contribution in [-0.4, -0.2) is 9.97 Å². The van der Waals surface area contributed by atoms with E-state index in [9.17, 15) is 0 Å². The van der Waals surface area contributed by atoms with Gasteiger partial charge in [-0.2, -0.15) is 0 Å². The Morgan fingerprint density at radius 3 is 2.71 bits per heavy atom. The van der Waals surface area contributed by atoms with Crippen LogP contribution < -0.4 is 5.73 Å². The van der Waals surface area contributed by atoms with Crippen LogP contribution in [0.15, 0.2) is 0 Å². The lowest BCUT2D eigenvalue weighted by molar-refractivity contribution is 0.624. The summed E-state index contributed by atoms with van der Waals surface area (Å²) < 4.78 is 0. The molecule has 3 N–H and O–H groups in total. The predicted octanol–water partition coefficient (Wildman–Crippen LogP) is 1.94. The zero-order valence-corrected chi connectivity index (χ0v) is 9.01. The standard InChI is InChI=1S/C11H19N3/c1-7(2)5-10-13-9(6-12)11(14-10)8-3-4-8/h7-8H,3-6,12H2,1-2H3,(H,13,14). The lowest BCUT2D eigenvalue weighted by atomic mass is 10.1.